The van der Waals surface area contributed by atoms with E-state index in [-0.39, 0.29) is 52.1 Å². The number of carbonyl (C=O) groups is 2. The molecule has 1 fully saturated rings. The number of nitrogens with one attached hydrogen (secondary N) is 2. The second-order valence-electron chi connectivity index (χ2n) is 9.57. The largest absolute Gasteiger partial charge is 0.495 e. The number of nitrogens with zero attached hydrogens (tertiary/aromatic N) is 3. The fourth-order valence-corrected chi connectivity index (χ4v) is 4.46. The van der Waals surface area contributed by atoms with Gasteiger partial charge < -0.3 is 29.7 Å². The molecule has 2 aromatic rings. The molecule has 0 spiro atoms. The number of hydrogen-bond donors (Lipinski definition) is 2. The van der Waals surface area contributed by atoms with Crippen LogP contribution in [0.1, 0.15) is 31.9 Å². The molecule has 2 heterocycles. The van der Waals surface area contributed by atoms with E-state index in [2.05, 4.69) is 27.2 Å². The normalized spacial score (nSPS) is 17.4. The zero-order valence-electron chi connectivity index (χ0n) is 22.2. The zero-order chi connectivity index (χ0) is 28.9. The van der Waals surface area contributed by atoms with Gasteiger partial charge in [0.05, 0.1) is 41.9 Å². The van der Waals surface area contributed by atoms with E-state index in [1.54, 1.807) is 20.8 Å². The van der Waals surface area contributed by atoms with Gasteiger partial charge in [-0.25, -0.2) is 19.2 Å². The van der Waals surface area contributed by atoms with Gasteiger partial charge in [0, 0.05) is 37.1 Å². The van der Waals surface area contributed by atoms with Crippen LogP contribution in [0, 0.1) is 0 Å². The van der Waals surface area contributed by atoms with Gasteiger partial charge in [-0.15, -0.1) is 0 Å². The van der Waals surface area contributed by atoms with Gasteiger partial charge >= 0.3 is 6.09 Å². The Bertz CT molecular complexity index is 1240. The summed E-state index contributed by atoms with van der Waals surface area (Å²) in [5.41, 5.74) is -0.440. The molecular formula is C26H30Cl2FN5O5. The van der Waals surface area contributed by atoms with Crippen LogP contribution in [0.2, 0.25) is 10.0 Å². The van der Waals surface area contributed by atoms with Crippen molar-refractivity contribution >= 4 is 53.1 Å². The highest BCUT2D eigenvalue weighted by atomic mass is 35.5. The standard InChI is InChI=1S/C26H30Cl2FN5O5/c1-7-20(35)32-16-12-34(25(36)39-26(2,3)4)13-17(16)33-24-30-10-14(11-31-24)8-15(29)21-22(27)18(37-5)9-19(38-6)23(21)28/h7-11,16-17H,1,12-13H2,2-6H3,(H,32,35)(H,30,31,33)/b15-8-. The Morgan fingerprint density at radius 1 is 1.10 bits per heavy atom. The van der Waals surface area contributed by atoms with E-state index in [0.29, 0.717) is 5.56 Å². The van der Waals surface area contributed by atoms with Crippen LogP contribution in [0.15, 0.2) is 31.1 Å². The third-order valence-electron chi connectivity index (χ3n) is 5.58. The molecule has 2 unspecified atom stereocenters. The molecule has 1 saturated heterocycles. The van der Waals surface area contributed by atoms with Crippen LogP contribution in [0.3, 0.4) is 0 Å². The lowest BCUT2D eigenvalue weighted by molar-refractivity contribution is -0.117. The molecule has 1 aliphatic rings. The molecule has 2 amide bonds. The van der Waals surface area contributed by atoms with Crippen LogP contribution < -0.4 is 20.1 Å². The molecular weight excluding hydrogens is 552 g/mol. The number of hydrogen-bond acceptors (Lipinski definition) is 8. The van der Waals surface area contributed by atoms with Gasteiger partial charge in [0.15, 0.2) is 0 Å². The number of ether oxygens (including phenoxy) is 3. The van der Waals surface area contributed by atoms with Crippen molar-refractivity contribution < 1.29 is 28.2 Å². The highest BCUT2D eigenvalue weighted by molar-refractivity contribution is 6.39. The zero-order valence-corrected chi connectivity index (χ0v) is 23.7. The second kappa shape index (κ2) is 12.5. The monoisotopic (exact) mass is 581 g/mol. The topological polar surface area (TPSA) is 115 Å². The average molecular weight is 582 g/mol. The molecule has 2 atom stereocenters. The summed E-state index contributed by atoms with van der Waals surface area (Å²) in [4.78, 5) is 34.5. The fourth-order valence-electron chi connectivity index (χ4n) is 3.78. The van der Waals surface area contributed by atoms with Crippen molar-refractivity contribution in [3.8, 4) is 11.5 Å². The lowest BCUT2D eigenvalue weighted by Gasteiger charge is -2.24. The van der Waals surface area contributed by atoms with E-state index in [4.69, 9.17) is 37.4 Å². The third-order valence-corrected chi connectivity index (χ3v) is 6.33. The van der Waals surface area contributed by atoms with E-state index in [0.717, 1.165) is 6.08 Å². The number of methoxy groups -OCH3 is 2. The molecule has 2 N–H and O–H groups in total. The van der Waals surface area contributed by atoms with Gasteiger partial charge in [-0.3, -0.25) is 4.79 Å². The van der Waals surface area contributed by atoms with E-state index in [9.17, 15) is 9.59 Å². The third kappa shape index (κ3) is 7.51. The number of carbonyl (C=O) groups excluding carboxylic acids is 2. The summed E-state index contributed by atoms with van der Waals surface area (Å²) in [5.74, 6) is -0.533. The molecule has 0 bridgehead atoms. The molecule has 1 aromatic heterocycles. The van der Waals surface area contributed by atoms with Gasteiger partial charge in [0.2, 0.25) is 11.9 Å². The molecule has 210 valence electrons. The van der Waals surface area contributed by atoms with Crippen LogP contribution in [0.5, 0.6) is 11.5 Å². The Morgan fingerprint density at radius 2 is 1.67 bits per heavy atom. The Hall–Kier alpha value is -3.57. The average Bonchev–Trinajstić information content (AvgIpc) is 3.26. The van der Waals surface area contributed by atoms with Crippen molar-refractivity contribution in [3.63, 3.8) is 0 Å². The highest BCUT2D eigenvalue weighted by Crippen LogP contribution is 2.44. The molecule has 0 saturated carbocycles. The number of anilines is 1. The maximum absolute atomic E-state index is 15.3. The molecule has 3 rings (SSSR count). The second-order valence-corrected chi connectivity index (χ2v) is 10.3. The number of rotatable bonds is 8. The van der Waals surface area contributed by atoms with Gasteiger partial charge in [0.1, 0.15) is 22.9 Å². The lowest BCUT2D eigenvalue weighted by atomic mass is 10.1. The summed E-state index contributed by atoms with van der Waals surface area (Å²) in [5, 5.41) is 5.89. The van der Waals surface area contributed by atoms with Crippen LogP contribution in [0.4, 0.5) is 15.1 Å². The van der Waals surface area contributed by atoms with Crippen LogP contribution in [-0.4, -0.2) is 71.9 Å². The highest BCUT2D eigenvalue weighted by Gasteiger charge is 2.38. The number of benzene rings is 1. The first kappa shape index (κ1) is 30.0. The van der Waals surface area contributed by atoms with Crippen molar-refractivity contribution in [3.05, 3.63) is 52.3 Å². The maximum atomic E-state index is 15.3. The summed E-state index contributed by atoms with van der Waals surface area (Å²) in [6.07, 6.45) is 4.60. The molecule has 39 heavy (non-hydrogen) atoms. The van der Waals surface area contributed by atoms with Crippen LogP contribution >= 0.6 is 23.2 Å². The van der Waals surface area contributed by atoms with Crippen LogP contribution in [0.25, 0.3) is 11.9 Å². The lowest BCUT2D eigenvalue weighted by Crippen LogP contribution is -2.45. The maximum Gasteiger partial charge on any atom is 0.410 e. The van der Waals surface area contributed by atoms with Gasteiger partial charge in [-0.05, 0) is 32.9 Å². The molecule has 1 aliphatic heterocycles. The number of halogens is 3. The Kier molecular flexibility index (Phi) is 9.63. The Balaban J connectivity index is 1.80. The van der Waals surface area contributed by atoms with Gasteiger partial charge in [-0.2, -0.15) is 0 Å². The van der Waals surface area contributed by atoms with Gasteiger partial charge in [0.25, 0.3) is 0 Å². The molecule has 0 aliphatic carbocycles. The SMILES string of the molecule is C=CC(=O)NC1CN(C(=O)OC(C)(C)C)CC1Nc1ncc(/C=C(\F)c2c(Cl)c(OC)cc(OC)c2Cl)cn1. The minimum atomic E-state index is -0.748. The summed E-state index contributed by atoms with van der Waals surface area (Å²) in [6.45, 7) is 9.22. The quantitative estimate of drug-likeness (QED) is 0.420. The van der Waals surface area contributed by atoms with E-state index >= 15 is 4.39 Å². The van der Waals surface area contributed by atoms with Crippen molar-refractivity contribution in [2.24, 2.45) is 0 Å². The first-order chi connectivity index (χ1) is 18.4. The van der Waals surface area contributed by atoms with Gasteiger partial charge in [-0.1, -0.05) is 29.8 Å². The molecule has 0 radical (unpaired) electrons. The Morgan fingerprint density at radius 3 is 2.18 bits per heavy atom. The van der Waals surface area contributed by atoms with Crippen molar-refractivity contribution in [1.29, 1.82) is 0 Å². The predicted molar refractivity (Wildman–Crippen MR) is 148 cm³/mol. The van der Waals surface area contributed by atoms with E-state index in [1.165, 1.54) is 43.7 Å². The Labute approximate surface area is 236 Å². The van der Waals surface area contributed by atoms with Crippen LogP contribution in [-0.2, 0) is 9.53 Å². The van der Waals surface area contributed by atoms with Crippen molar-refractivity contribution in [2.75, 3.05) is 32.6 Å². The molecule has 13 heteroatoms. The first-order valence-electron chi connectivity index (χ1n) is 11.8. The number of amides is 2. The smallest absolute Gasteiger partial charge is 0.410 e. The van der Waals surface area contributed by atoms with E-state index in [1.807, 2.05) is 0 Å². The van der Waals surface area contributed by atoms with Crippen molar-refractivity contribution in [1.82, 2.24) is 20.2 Å². The minimum absolute atomic E-state index is 0.0142. The molecule has 1 aromatic carbocycles. The first-order valence-corrected chi connectivity index (χ1v) is 12.6. The summed E-state index contributed by atoms with van der Waals surface area (Å²) in [6, 6.07) is 0.570. The fraction of sp³-hybridized carbons (Fsp3) is 0.385. The number of likely N-dealkylation sites (tertiary alicyclic amines) is 1. The summed E-state index contributed by atoms with van der Waals surface area (Å²) < 4.78 is 31.1. The van der Waals surface area contributed by atoms with Crippen molar-refractivity contribution in [2.45, 2.75) is 38.5 Å². The van der Waals surface area contributed by atoms with E-state index < -0.39 is 29.6 Å². The minimum Gasteiger partial charge on any atom is -0.495 e. The molecule has 10 nitrogen and oxygen atoms in total. The predicted octanol–water partition coefficient (Wildman–Crippen LogP) is 4.97. The summed E-state index contributed by atoms with van der Waals surface area (Å²) >= 11 is 12.6. The number of aromatic nitrogens is 2. The summed E-state index contributed by atoms with van der Waals surface area (Å²) in [7, 11) is 2.79.